The van der Waals surface area contributed by atoms with Crippen LogP contribution in [0.25, 0.3) is 0 Å². The van der Waals surface area contributed by atoms with Crippen molar-refractivity contribution in [3.05, 3.63) is 81.0 Å². The van der Waals surface area contributed by atoms with Crippen molar-refractivity contribution < 1.29 is 14.3 Å². The number of hydrogen-bond donors (Lipinski definition) is 1. The molecule has 0 saturated carbocycles. The SMILES string of the molecule is CCCN(CC(=O)N1CCc2sccc2[C@@H]1COc1ccc(C)cc1)C(=O)Nc1cccc(Cl)c1. The fourth-order valence-corrected chi connectivity index (χ4v) is 5.35. The Morgan fingerprint density at radius 1 is 1.20 bits per heavy atom. The van der Waals surface area contributed by atoms with Crippen molar-refractivity contribution in [2.45, 2.75) is 32.7 Å². The summed E-state index contributed by atoms with van der Waals surface area (Å²) in [5, 5.41) is 5.47. The number of halogens is 1. The molecular formula is C27H30ClN3O3S. The molecule has 2 aromatic carbocycles. The highest BCUT2D eigenvalue weighted by Gasteiger charge is 2.33. The fourth-order valence-electron chi connectivity index (χ4n) is 4.23. The predicted molar refractivity (Wildman–Crippen MR) is 141 cm³/mol. The predicted octanol–water partition coefficient (Wildman–Crippen LogP) is 6.16. The van der Waals surface area contributed by atoms with Gasteiger partial charge in [0.25, 0.3) is 0 Å². The van der Waals surface area contributed by atoms with Gasteiger partial charge in [0.05, 0.1) is 6.04 Å². The first-order valence-corrected chi connectivity index (χ1v) is 13.1. The lowest BCUT2D eigenvalue weighted by atomic mass is 10.0. The van der Waals surface area contributed by atoms with Crippen molar-refractivity contribution in [2.75, 3.05) is 31.6 Å². The molecule has 3 aromatic rings. The molecule has 0 unspecified atom stereocenters. The second-order valence-electron chi connectivity index (χ2n) is 8.64. The number of carbonyl (C=O) groups is 2. The average molecular weight is 512 g/mol. The zero-order chi connectivity index (χ0) is 24.8. The normalized spacial score (nSPS) is 14.8. The largest absolute Gasteiger partial charge is 0.491 e. The van der Waals surface area contributed by atoms with Crippen LogP contribution in [-0.2, 0) is 11.2 Å². The molecule has 1 aliphatic rings. The van der Waals surface area contributed by atoms with Gasteiger partial charge in [0.2, 0.25) is 5.91 Å². The second-order valence-corrected chi connectivity index (χ2v) is 10.1. The molecule has 1 N–H and O–H groups in total. The number of rotatable bonds is 8. The van der Waals surface area contributed by atoms with E-state index in [1.807, 2.05) is 43.0 Å². The van der Waals surface area contributed by atoms with Crippen molar-refractivity contribution in [3.63, 3.8) is 0 Å². The molecule has 0 fully saturated rings. The Balaban J connectivity index is 1.47. The summed E-state index contributed by atoms with van der Waals surface area (Å²) >= 11 is 7.76. The van der Waals surface area contributed by atoms with E-state index in [9.17, 15) is 9.59 Å². The summed E-state index contributed by atoms with van der Waals surface area (Å²) in [5.74, 6) is 0.688. The molecule has 0 radical (unpaired) electrons. The Labute approximate surface area is 215 Å². The van der Waals surface area contributed by atoms with Gasteiger partial charge in [0.1, 0.15) is 18.9 Å². The third kappa shape index (κ3) is 6.35. The molecule has 1 aliphatic heterocycles. The summed E-state index contributed by atoms with van der Waals surface area (Å²) in [7, 11) is 0. The number of carbonyl (C=O) groups excluding carboxylic acids is 2. The molecule has 6 nitrogen and oxygen atoms in total. The van der Waals surface area contributed by atoms with Crippen molar-refractivity contribution in [1.29, 1.82) is 0 Å². The quantitative estimate of drug-likeness (QED) is 0.394. The molecule has 3 amide bonds. The van der Waals surface area contributed by atoms with Crippen LogP contribution in [0.3, 0.4) is 0 Å². The van der Waals surface area contributed by atoms with Crippen molar-refractivity contribution in [3.8, 4) is 5.75 Å². The van der Waals surface area contributed by atoms with E-state index in [1.165, 1.54) is 10.4 Å². The number of fused-ring (bicyclic) bond motifs is 1. The highest BCUT2D eigenvalue weighted by molar-refractivity contribution is 7.10. The summed E-state index contributed by atoms with van der Waals surface area (Å²) in [6, 6.07) is 16.5. The van der Waals surface area contributed by atoms with Crippen LogP contribution in [0.2, 0.25) is 5.02 Å². The molecule has 184 valence electrons. The zero-order valence-corrected chi connectivity index (χ0v) is 21.6. The van der Waals surface area contributed by atoms with Gasteiger partial charge in [-0.25, -0.2) is 4.79 Å². The molecule has 1 aromatic heterocycles. The second kappa shape index (κ2) is 11.6. The Bertz CT molecular complexity index is 1160. The first kappa shape index (κ1) is 25.1. The van der Waals surface area contributed by atoms with Gasteiger partial charge in [0, 0.05) is 28.7 Å². The van der Waals surface area contributed by atoms with Crippen LogP contribution in [0.5, 0.6) is 5.75 Å². The van der Waals surface area contributed by atoms with E-state index in [1.54, 1.807) is 40.5 Å². The summed E-state index contributed by atoms with van der Waals surface area (Å²) < 4.78 is 6.10. The van der Waals surface area contributed by atoms with Crippen LogP contribution in [0.1, 0.15) is 35.4 Å². The van der Waals surface area contributed by atoms with Gasteiger partial charge >= 0.3 is 6.03 Å². The molecule has 1 atom stereocenters. The Hall–Kier alpha value is -3.03. The number of aryl methyl sites for hydroxylation is 1. The number of hydrogen-bond acceptors (Lipinski definition) is 4. The fraction of sp³-hybridized carbons (Fsp3) is 0.333. The van der Waals surface area contributed by atoms with Gasteiger partial charge in [-0.2, -0.15) is 0 Å². The van der Waals surface area contributed by atoms with E-state index < -0.39 is 0 Å². The molecule has 0 saturated heterocycles. The van der Waals surface area contributed by atoms with E-state index in [0.29, 0.717) is 30.4 Å². The lowest BCUT2D eigenvalue weighted by Gasteiger charge is -2.37. The van der Waals surface area contributed by atoms with Crippen molar-refractivity contribution in [2.24, 2.45) is 0 Å². The molecule has 4 rings (SSSR count). The number of ether oxygens (including phenoxy) is 1. The Morgan fingerprint density at radius 3 is 2.74 bits per heavy atom. The number of urea groups is 1. The van der Waals surface area contributed by atoms with E-state index in [-0.39, 0.29) is 24.5 Å². The van der Waals surface area contributed by atoms with Crippen LogP contribution < -0.4 is 10.1 Å². The minimum Gasteiger partial charge on any atom is -0.491 e. The highest BCUT2D eigenvalue weighted by Crippen LogP contribution is 2.34. The number of benzene rings is 2. The number of anilines is 1. The maximum absolute atomic E-state index is 13.5. The van der Waals surface area contributed by atoms with Crippen LogP contribution >= 0.6 is 22.9 Å². The van der Waals surface area contributed by atoms with E-state index >= 15 is 0 Å². The monoisotopic (exact) mass is 511 g/mol. The first-order chi connectivity index (χ1) is 16.9. The van der Waals surface area contributed by atoms with Gasteiger partial charge in [-0.15, -0.1) is 11.3 Å². The van der Waals surface area contributed by atoms with Crippen LogP contribution in [-0.4, -0.2) is 48.0 Å². The van der Waals surface area contributed by atoms with E-state index in [0.717, 1.165) is 24.2 Å². The van der Waals surface area contributed by atoms with Gasteiger partial charge in [-0.3, -0.25) is 4.79 Å². The first-order valence-electron chi connectivity index (χ1n) is 11.8. The molecule has 0 bridgehead atoms. The standard InChI is InChI=1S/C27H30ClN3O3S/c1-3-13-30(27(33)29-21-6-4-5-20(28)16-21)17-26(32)31-14-11-25-23(12-15-35-25)24(31)18-34-22-9-7-19(2)8-10-22/h4-10,12,15-16,24H,3,11,13-14,17-18H2,1-2H3,(H,29,33)/t24-/m0/s1. The summed E-state index contributed by atoms with van der Waals surface area (Å²) in [4.78, 5) is 31.2. The van der Waals surface area contributed by atoms with Crippen LogP contribution in [0.15, 0.2) is 60.0 Å². The van der Waals surface area contributed by atoms with Gasteiger partial charge < -0.3 is 19.9 Å². The average Bonchev–Trinajstić information content (AvgIpc) is 3.32. The third-order valence-electron chi connectivity index (χ3n) is 6.03. The highest BCUT2D eigenvalue weighted by atomic mass is 35.5. The maximum atomic E-state index is 13.5. The number of thiophene rings is 1. The van der Waals surface area contributed by atoms with E-state index in [2.05, 4.69) is 16.8 Å². The topological polar surface area (TPSA) is 61.9 Å². The zero-order valence-electron chi connectivity index (χ0n) is 20.0. The van der Waals surface area contributed by atoms with Crippen molar-refractivity contribution >= 4 is 40.6 Å². The number of nitrogens with one attached hydrogen (secondary N) is 1. The van der Waals surface area contributed by atoms with Gasteiger partial charge in [0.15, 0.2) is 0 Å². The molecule has 0 aliphatic carbocycles. The van der Waals surface area contributed by atoms with Crippen LogP contribution in [0, 0.1) is 6.92 Å². The summed E-state index contributed by atoms with van der Waals surface area (Å²) in [6.45, 7) is 5.46. The lowest BCUT2D eigenvalue weighted by molar-refractivity contribution is -0.135. The minimum atomic E-state index is -0.317. The van der Waals surface area contributed by atoms with Crippen LogP contribution in [0.4, 0.5) is 10.5 Å². The van der Waals surface area contributed by atoms with Gasteiger partial charge in [-0.05, 0) is 67.1 Å². The van der Waals surface area contributed by atoms with Crippen molar-refractivity contribution in [1.82, 2.24) is 9.80 Å². The molecule has 2 heterocycles. The Kier molecular flexibility index (Phi) is 8.31. The van der Waals surface area contributed by atoms with Gasteiger partial charge in [-0.1, -0.05) is 42.3 Å². The molecular weight excluding hydrogens is 482 g/mol. The number of amides is 3. The third-order valence-corrected chi connectivity index (χ3v) is 7.26. The number of nitrogens with zero attached hydrogens (tertiary/aromatic N) is 2. The Morgan fingerprint density at radius 2 is 2.00 bits per heavy atom. The smallest absolute Gasteiger partial charge is 0.322 e. The molecule has 8 heteroatoms. The lowest BCUT2D eigenvalue weighted by Crippen LogP contribution is -2.48. The maximum Gasteiger partial charge on any atom is 0.322 e. The summed E-state index contributed by atoms with van der Waals surface area (Å²) in [5.41, 5.74) is 2.90. The minimum absolute atomic E-state index is 0.000735. The summed E-state index contributed by atoms with van der Waals surface area (Å²) in [6.07, 6.45) is 1.55. The van der Waals surface area contributed by atoms with E-state index in [4.69, 9.17) is 16.3 Å². The molecule has 0 spiro atoms. The molecule has 35 heavy (non-hydrogen) atoms.